The summed E-state index contributed by atoms with van der Waals surface area (Å²) in [6.45, 7) is 15.5. The van der Waals surface area contributed by atoms with Gasteiger partial charge >= 0.3 is 5.69 Å². The van der Waals surface area contributed by atoms with Crippen LogP contribution in [0.15, 0.2) is 24.5 Å². The lowest BCUT2D eigenvalue weighted by atomic mass is 9.52. The molecule has 2 aliphatic rings. The lowest BCUT2D eigenvalue weighted by molar-refractivity contribution is -0.385. The molecule has 0 aliphatic heterocycles. The summed E-state index contributed by atoms with van der Waals surface area (Å²) in [7, 11) is 1.83. The van der Waals surface area contributed by atoms with Gasteiger partial charge in [0.05, 0.1) is 18.1 Å². The van der Waals surface area contributed by atoms with E-state index in [0.29, 0.717) is 30.2 Å². The highest BCUT2D eigenvalue weighted by atomic mass is 16.6. The number of methoxy groups -OCH3 is 1. The molecule has 30 heavy (non-hydrogen) atoms. The van der Waals surface area contributed by atoms with Crippen molar-refractivity contribution in [3.63, 3.8) is 0 Å². The van der Waals surface area contributed by atoms with Crippen molar-refractivity contribution in [2.24, 2.45) is 34.5 Å². The van der Waals surface area contributed by atoms with Crippen LogP contribution < -0.4 is 0 Å². The highest BCUT2D eigenvalue weighted by molar-refractivity contribution is 5.22. The normalized spacial score (nSPS) is 33.1. The van der Waals surface area contributed by atoms with Crippen LogP contribution >= 0.6 is 0 Å². The number of fused-ring (bicyclic) bond motifs is 1. The van der Waals surface area contributed by atoms with Crippen molar-refractivity contribution in [1.82, 2.24) is 9.78 Å². The molecule has 1 heterocycles. The van der Waals surface area contributed by atoms with Gasteiger partial charge in [0.15, 0.2) is 0 Å². The molecule has 0 N–H and O–H groups in total. The van der Waals surface area contributed by atoms with Gasteiger partial charge < -0.3 is 4.74 Å². The summed E-state index contributed by atoms with van der Waals surface area (Å²) in [5, 5.41) is 15.1. The van der Waals surface area contributed by atoms with Crippen molar-refractivity contribution in [3.05, 3.63) is 34.7 Å². The molecule has 0 aromatic carbocycles. The molecule has 0 amide bonds. The van der Waals surface area contributed by atoms with Gasteiger partial charge in [-0.3, -0.25) is 14.8 Å². The van der Waals surface area contributed by atoms with Gasteiger partial charge in [-0.25, -0.2) is 0 Å². The van der Waals surface area contributed by atoms with Gasteiger partial charge in [0.2, 0.25) is 0 Å². The van der Waals surface area contributed by atoms with E-state index in [4.69, 9.17) is 4.74 Å². The van der Waals surface area contributed by atoms with Crippen LogP contribution in [0.3, 0.4) is 0 Å². The van der Waals surface area contributed by atoms with E-state index >= 15 is 0 Å². The number of nitro groups is 1. The monoisotopic (exact) mass is 417 g/mol. The Hall–Kier alpha value is -1.69. The number of hydrogen-bond donors (Lipinski definition) is 0. The number of ether oxygens (including phenoxy) is 1. The fourth-order valence-electron chi connectivity index (χ4n) is 7.27. The minimum Gasteiger partial charge on any atom is -0.384 e. The fourth-order valence-corrected chi connectivity index (χ4v) is 7.27. The Labute approximate surface area is 181 Å². The third-order valence-electron chi connectivity index (χ3n) is 8.55. The molecule has 0 saturated heterocycles. The second-order valence-electron chi connectivity index (χ2n) is 10.4. The van der Waals surface area contributed by atoms with Gasteiger partial charge in [-0.15, -0.1) is 0 Å². The molecule has 1 aromatic heterocycles. The van der Waals surface area contributed by atoms with E-state index in [1.165, 1.54) is 44.5 Å². The van der Waals surface area contributed by atoms with Gasteiger partial charge in [-0.05, 0) is 66.6 Å². The van der Waals surface area contributed by atoms with Gasteiger partial charge in [0.25, 0.3) is 0 Å². The largest absolute Gasteiger partial charge is 0.384 e. The van der Waals surface area contributed by atoms with Crippen LogP contribution in [0.25, 0.3) is 0 Å². The lowest BCUT2D eigenvalue weighted by Gasteiger charge is -2.53. The van der Waals surface area contributed by atoms with Crippen molar-refractivity contribution in [3.8, 4) is 0 Å². The van der Waals surface area contributed by atoms with Crippen LogP contribution in [0.2, 0.25) is 0 Å². The summed E-state index contributed by atoms with van der Waals surface area (Å²) in [6.07, 6.45) is 10.1. The first kappa shape index (κ1) is 23.0. The second kappa shape index (κ2) is 8.81. The predicted molar refractivity (Wildman–Crippen MR) is 119 cm³/mol. The van der Waals surface area contributed by atoms with Crippen molar-refractivity contribution in [2.75, 3.05) is 13.7 Å². The minimum absolute atomic E-state index is 0.0424. The Morgan fingerprint density at radius 1 is 1.47 bits per heavy atom. The quantitative estimate of drug-likeness (QED) is 0.286. The SMILES string of the molecule is C=C(Cn1cc([N+](=O)[O-])cn1)[C@H]1CC[C@H]2[C@H](C)[C@@H]([C@](C)(CCC)COC)CC[C@]12C. The molecule has 6 heteroatoms. The first-order chi connectivity index (χ1) is 14.2. The average Bonchev–Trinajstić information content (AvgIpc) is 3.27. The molecule has 6 atom stereocenters. The van der Waals surface area contributed by atoms with E-state index in [-0.39, 0.29) is 16.5 Å². The zero-order chi connectivity index (χ0) is 22.1. The van der Waals surface area contributed by atoms with Crippen LogP contribution in [0, 0.1) is 44.6 Å². The second-order valence-corrected chi connectivity index (χ2v) is 10.4. The summed E-state index contributed by atoms with van der Waals surface area (Å²) in [5.74, 6) is 2.50. The Kier molecular flexibility index (Phi) is 6.75. The molecule has 2 saturated carbocycles. The average molecular weight is 418 g/mol. The third-order valence-corrected chi connectivity index (χ3v) is 8.55. The number of rotatable bonds is 9. The number of aromatic nitrogens is 2. The van der Waals surface area contributed by atoms with Crippen molar-refractivity contribution < 1.29 is 9.66 Å². The molecule has 1 aromatic rings. The van der Waals surface area contributed by atoms with Crippen LogP contribution in [-0.4, -0.2) is 28.4 Å². The maximum Gasteiger partial charge on any atom is 0.307 e. The maximum atomic E-state index is 11.0. The Morgan fingerprint density at radius 2 is 2.20 bits per heavy atom. The summed E-state index contributed by atoms with van der Waals surface area (Å²) >= 11 is 0. The molecule has 6 nitrogen and oxygen atoms in total. The molecule has 0 radical (unpaired) electrons. The van der Waals surface area contributed by atoms with Gasteiger partial charge in [0.1, 0.15) is 12.4 Å². The number of allylic oxidation sites excluding steroid dienone is 1. The van der Waals surface area contributed by atoms with Crippen molar-refractivity contribution in [1.29, 1.82) is 0 Å². The van der Waals surface area contributed by atoms with Crippen LogP contribution in [-0.2, 0) is 11.3 Å². The third kappa shape index (κ3) is 4.08. The lowest BCUT2D eigenvalue weighted by Crippen LogP contribution is -2.47. The maximum absolute atomic E-state index is 11.0. The van der Waals surface area contributed by atoms with Crippen LogP contribution in [0.4, 0.5) is 5.69 Å². The van der Waals surface area contributed by atoms with Gasteiger partial charge in [-0.2, -0.15) is 5.10 Å². The molecule has 0 bridgehead atoms. The van der Waals surface area contributed by atoms with E-state index in [9.17, 15) is 10.1 Å². The fraction of sp³-hybridized carbons (Fsp3) is 0.792. The molecular weight excluding hydrogens is 378 g/mol. The van der Waals surface area contributed by atoms with Gasteiger partial charge in [-0.1, -0.05) is 46.3 Å². The Morgan fingerprint density at radius 3 is 2.80 bits per heavy atom. The zero-order valence-corrected chi connectivity index (χ0v) is 19.4. The number of hydrogen-bond acceptors (Lipinski definition) is 4. The molecule has 0 spiro atoms. The van der Waals surface area contributed by atoms with E-state index in [0.717, 1.165) is 18.6 Å². The topological polar surface area (TPSA) is 70.2 Å². The highest BCUT2D eigenvalue weighted by Crippen LogP contribution is 2.63. The first-order valence-electron chi connectivity index (χ1n) is 11.5. The van der Waals surface area contributed by atoms with E-state index in [1.807, 2.05) is 7.11 Å². The molecular formula is C24H39N3O3. The van der Waals surface area contributed by atoms with Gasteiger partial charge in [0, 0.05) is 7.11 Å². The van der Waals surface area contributed by atoms with Crippen LogP contribution in [0.5, 0.6) is 0 Å². The molecule has 2 aliphatic carbocycles. The Balaban J connectivity index is 1.74. The Bertz CT molecular complexity index is 768. The van der Waals surface area contributed by atoms with Crippen molar-refractivity contribution >= 4 is 5.69 Å². The number of nitrogens with zero attached hydrogens (tertiary/aromatic N) is 3. The summed E-state index contributed by atoms with van der Waals surface area (Å²) in [5.41, 5.74) is 1.71. The molecule has 168 valence electrons. The van der Waals surface area contributed by atoms with E-state index in [1.54, 1.807) is 4.68 Å². The molecule has 2 fully saturated rings. The molecule has 0 unspecified atom stereocenters. The van der Waals surface area contributed by atoms with Crippen LogP contribution in [0.1, 0.15) is 66.2 Å². The first-order valence-corrected chi connectivity index (χ1v) is 11.5. The van der Waals surface area contributed by atoms with E-state index < -0.39 is 4.92 Å². The standard InChI is InChI=1S/C24H39N3O3/c1-7-11-23(4,16-30-6)21-10-12-24(5)20(8-9-22(24)18(21)3)17(2)14-26-15-19(13-25-26)27(28)29/h13,15,18,20-22H,2,7-12,14,16H2,1,3-6H3/t18-,20-,21+,22+,23-,24-/m1/s1. The minimum atomic E-state index is -0.393. The molecule has 3 rings (SSSR count). The summed E-state index contributed by atoms with van der Waals surface area (Å²) in [6, 6.07) is 0. The van der Waals surface area contributed by atoms with E-state index in [2.05, 4.69) is 39.4 Å². The van der Waals surface area contributed by atoms with Crippen molar-refractivity contribution in [2.45, 2.75) is 72.8 Å². The highest BCUT2D eigenvalue weighted by Gasteiger charge is 2.55. The summed E-state index contributed by atoms with van der Waals surface area (Å²) < 4.78 is 7.34. The zero-order valence-electron chi connectivity index (χ0n) is 19.4. The summed E-state index contributed by atoms with van der Waals surface area (Å²) in [4.78, 5) is 10.6. The predicted octanol–water partition coefficient (Wildman–Crippen LogP) is 5.88. The smallest absolute Gasteiger partial charge is 0.307 e.